The first kappa shape index (κ1) is 29.8. The molecule has 208 valence electrons. The highest BCUT2D eigenvalue weighted by molar-refractivity contribution is 6.32. The molecule has 3 rings (SSSR count). The molecule has 1 fully saturated rings. The SMILES string of the molecule is O=C(OC(=O)C(F)(F)F)c1ccc(OCC2CCN(Cc3cc(Cl)cc(OC(F)(F)F)c3)CC2)c(Cl)c1F. The summed E-state index contributed by atoms with van der Waals surface area (Å²) in [5.74, 6) is -6.64. The third-order valence-electron chi connectivity index (χ3n) is 5.44. The normalized spacial score (nSPS) is 15.3. The molecule has 1 heterocycles. The van der Waals surface area contributed by atoms with Gasteiger partial charge < -0.3 is 14.2 Å². The fourth-order valence-corrected chi connectivity index (χ4v) is 4.15. The molecule has 15 heteroatoms. The van der Waals surface area contributed by atoms with Crippen LogP contribution in [0.2, 0.25) is 10.0 Å². The molecule has 0 saturated carbocycles. The first-order valence-corrected chi connectivity index (χ1v) is 11.6. The van der Waals surface area contributed by atoms with E-state index in [1.807, 2.05) is 4.90 Å². The van der Waals surface area contributed by atoms with Gasteiger partial charge in [-0.3, -0.25) is 4.90 Å². The molecule has 0 aliphatic carbocycles. The number of rotatable bonds is 7. The first-order chi connectivity index (χ1) is 17.6. The van der Waals surface area contributed by atoms with Crippen molar-refractivity contribution >= 4 is 35.1 Å². The molecule has 2 aromatic rings. The van der Waals surface area contributed by atoms with Gasteiger partial charge in [0.05, 0.1) is 12.2 Å². The summed E-state index contributed by atoms with van der Waals surface area (Å²) < 4.78 is 102. The van der Waals surface area contributed by atoms with Gasteiger partial charge in [0.15, 0.2) is 5.82 Å². The Morgan fingerprint density at radius 3 is 2.26 bits per heavy atom. The van der Waals surface area contributed by atoms with Crippen LogP contribution in [0.15, 0.2) is 30.3 Å². The predicted octanol–water partition coefficient (Wildman–Crippen LogP) is 6.57. The molecule has 2 aromatic carbocycles. The Bertz CT molecular complexity index is 1180. The number of hydrogen-bond donors (Lipinski definition) is 0. The Kier molecular flexibility index (Phi) is 9.37. The van der Waals surface area contributed by atoms with Crippen molar-refractivity contribution in [1.82, 2.24) is 4.90 Å². The minimum absolute atomic E-state index is 0.00270. The monoisotopic (exact) mass is 591 g/mol. The van der Waals surface area contributed by atoms with Crippen molar-refractivity contribution in [2.24, 2.45) is 5.92 Å². The van der Waals surface area contributed by atoms with Crippen molar-refractivity contribution in [1.29, 1.82) is 0 Å². The highest BCUT2D eigenvalue weighted by atomic mass is 35.5. The van der Waals surface area contributed by atoms with Crippen LogP contribution in [0.4, 0.5) is 30.7 Å². The van der Waals surface area contributed by atoms with Crippen LogP contribution in [0, 0.1) is 11.7 Å². The van der Waals surface area contributed by atoms with Gasteiger partial charge in [0.2, 0.25) is 0 Å². The fourth-order valence-electron chi connectivity index (χ4n) is 3.68. The first-order valence-electron chi connectivity index (χ1n) is 10.8. The number of ether oxygens (including phenoxy) is 3. The van der Waals surface area contributed by atoms with Crippen LogP contribution in [0.3, 0.4) is 0 Å². The summed E-state index contributed by atoms with van der Waals surface area (Å²) >= 11 is 11.8. The summed E-state index contributed by atoms with van der Waals surface area (Å²) in [6.45, 7) is 1.56. The number of nitrogens with zero attached hydrogens (tertiary/aromatic N) is 1. The molecule has 0 spiro atoms. The number of likely N-dealkylation sites (tertiary alicyclic amines) is 1. The van der Waals surface area contributed by atoms with Gasteiger partial charge in [0.1, 0.15) is 16.5 Å². The summed E-state index contributed by atoms with van der Waals surface area (Å²) in [7, 11) is 0. The van der Waals surface area contributed by atoms with Crippen LogP contribution in [0.25, 0.3) is 0 Å². The number of esters is 2. The number of piperidine rings is 1. The van der Waals surface area contributed by atoms with Crippen molar-refractivity contribution in [3.8, 4) is 11.5 Å². The molecular formula is C23H18Cl2F7NO5. The summed E-state index contributed by atoms with van der Waals surface area (Å²) in [5.41, 5.74) is -0.442. The number of alkyl halides is 6. The molecule has 1 saturated heterocycles. The van der Waals surface area contributed by atoms with Gasteiger partial charge in [-0.2, -0.15) is 13.2 Å². The van der Waals surface area contributed by atoms with E-state index in [0.717, 1.165) is 18.2 Å². The van der Waals surface area contributed by atoms with Gasteiger partial charge in [-0.25, -0.2) is 14.0 Å². The van der Waals surface area contributed by atoms with E-state index >= 15 is 0 Å². The van der Waals surface area contributed by atoms with Crippen LogP contribution < -0.4 is 9.47 Å². The molecule has 0 N–H and O–H groups in total. The molecule has 1 aliphatic heterocycles. The minimum atomic E-state index is -5.44. The van der Waals surface area contributed by atoms with Crippen molar-refractivity contribution in [2.45, 2.75) is 31.9 Å². The Balaban J connectivity index is 1.52. The molecule has 0 unspecified atom stereocenters. The predicted molar refractivity (Wildman–Crippen MR) is 120 cm³/mol. The van der Waals surface area contributed by atoms with Crippen LogP contribution in [0.1, 0.15) is 28.8 Å². The number of carbonyl (C=O) groups is 2. The second-order valence-electron chi connectivity index (χ2n) is 8.29. The molecular weight excluding hydrogens is 574 g/mol. The zero-order valence-electron chi connectivity index (χ0n) is 19.1. The van der Waals surface area contributed by atoms with E-state index in [9.17, 15) is 40.3 Å². The molecule has 6 nitrogen and oxygen atoms in total. The number of halogens is 9. The van der Waals surface area contributed by atoms with E-state index in [-0.39, 0.29) is 23.3 Å². The zero-order valence-corrected chi connectivity index (χ0v) is 20.6. The maximum Gasteiger partial charge on any atom is 0.573 e. The van der Waals surface area contributed by atoms with Crippen molar-refractivity contribution < 1.29 is 54.5 Å². The standard InChI is InChI=1S/C23H18Cl2F7NO5/c24-14-7-13(8-15(9-14)38-23(30,31)32)10-33-5-3-12(4-6-33)11-36-17-2-1-16(19(26)18(17)25)20(34)37-21(35)22(27,28)29/h1-2,7-9,12H,3-6,10-11H2. The van der Waals surface area contributed by atoms with Crippen molar-refractivity contribution in [3.05, 3.63) is 57.3 Å². The molecule has 0 radical (unpaired) electrons. The summed E-state index contributed by atoms with van der Waals surface area (Å²) in [6, 6.07) is 5.70. The molecule has 0 atom stereocenters. The minimum Gasteiger partial charge on any atom is -0.492 e. The largest absolute Gasteiger partial charge is 0.573 e. The van der Waals surface area contributed by atoms with Gasteiger partial charge in [0.25, 0.3) is 0 Å². The lowest BCUT2D eigenvalue weighted by atomic mass is 9.97. The van der Waals surface area contributed by atoms with E-state index in [4.69, 9.17) is 27.9 Å². The maximum absolute atomic E-state index is 14.4. The Morgan fingerprint density at radius 2 is 1.66 bits per heavy atom. The van der Waals surface area contributed by atoms with Crippen LogP contribution >= 0.6 is 23.2 Å². The zero-order chi connectivity index (χ0) is 28.3. The van der Waals surface area contributed by atoms with Crippen molar-refractivity contribution in [3.63, 3.8) is 0 Å². The van der Waals surface area contributed by atoms with E-state index < -0.39 is 46.6 Å². The highest BCUT2D eigenvalue weighted by Crippen LogP contribution is 2.32. The van der Waals surface area contributed by atoms with Gasteiger partial charge in [-0.05, 0) is 67.7 Å². The van der Waals surface area contributed by atoms with E-state index in [1.54, 1.807) is 0 Å². The average Bonchev–Trinajstić information content (AvgIpc) is 2.78. The second kappa shape index (κ2) is 12.0. The van der Waals surface area contributed by atoms with Gasteiger partial charge in [-0.15, -0.1) is 13.2 Å². The highest BCUT2D eigenvalue weighted by Gasteiger charge is 2.43. The number of hydrogen-bond acceptors (Lipinski definition) is 6. The third kappa shape index (κ3) is 8.37. The molecule has 0 bridgehead atoms. The molecule has 0 amide bonds. The van der Waals surface area contributed by atoms with Gasteiger partial charge in [0, 0.05) is 11.6 Å². The smallest absolute Gasteiger partial charge is 0.492 e. The fraction of sp³-hybridized carbons (Fsp3) is 0.391. The topological polar surface area (TPSA) is 65.1 Å². The van der Waals surface area contributed by atoms with Gasteiger partial charge in [-0.1, -0.05) is 23.2 Å². The summed E-state index contributed by atoms with van der Waals surface area (Å²) in [5, 5.41) is -0.574. The van der Waals surface area contributed by atoms with Crippen LogP contribution in [-0.4, -0.2) is 49.1 Å². The Labute approximate surface area is 221 Å². The van der Waals surface area contributed by atoms with Crippen molar-refractivity contribution in [2.75, 3.05) is 19.7 Å². The quantitative estimate of drug-likeness (QED) is 0.206. The van der Waals surface area contributed by atoms with E-state index in [2.05, 4.69) is 9.47 Å². The number of carbonyl (C=O) groups excluding carboxylic acids is 2. The lowest BCUT2D eigenvalue weighted by molar-refractivity contribution is -0.274. The summed E-state index contributed by atoms with van der Waals surface area (Å²) in [4.78, 5) is 24.5. The van der Waals surface area contributed by atoms with Crippen LogP contribution in [0.5, 0.6) is 11.5 Å². The number of benzene rings is 2. The van der Waals surface area contributed by atoms with E-state index in [1.165, 1.54) is 12.1 Å². The second-order valence-corrected chi connectivity index (χ2v) is 9.10. The lowest BCUT2D eigenvalue weighted by Gasteiger charge is -2.32. The third-order valence-corrected chi connectivity index (χ3v) is 6.01. The summed E-state index contributed by atoms with van der Waals surface area (Å²) in [6.07, 6.45) is -9.04. The van der Waals surface area contributed by atoms with E-state index in [0.29, 0.717) is 38.0 Å². The maximum atomic E-state index is 14.4. The molecule has 1 aliphatic rings. The molecule has 0 aromatic heterocycles. The molecule has 38 heavy (non-hydrogen) atoms. The lowest BCUT2D eigenvalue weighted by Crippen LogP contribution is -2.35. The average molecular weight is 592 g/mol. The Hall–Kier alpha value is -2.77. The van der Waals surface area contributed by atoms with Gasteiger partial charge >= 0.3 is 24.5 Å². The Morgan fingerprint density at radius 1 is 1.00 bits per heavy atom. The van der Waals surface area contributed by atoms with Crippen LogP contribution in [-0.2, 0) is 16.1 Å².